The fourth-order valence-corrected chi connectivity index (χ4v) is 3.20. The van der Waals surface area contributed by atoms with Gasteiger partial charge in [-0.15, -0.1) is 0 Å². The monoisotopic (exact) mass is 290 g/mol. The van der Waals surface area contributed by atoms with Crippen LogP contribution in [0.4, 0.5) is 0 Å². The van der Waals surface area contributed by atoms with Gasteiger partial charge < -0.3 is 14.6 Å². The molecule has 0 bridgehead atoms. The Hall–Kier alpha value is -1.09. The maximum Gasteiger partial charge on any atom is 0.120 e. The van der Waals surface area contributed by atoms with Crippen molar-refractivity contribution in [3.8, 4) is 5.75 Å². The quantitative estimate of drug-likeness (QED) is 0.689. The zero-order valence-corrected chi connectivity index (χ0v) is 13.3. The summed E-state index contributed by atoms with van der Waals surface area (Å²) >= 11 is 0. The Bertz CT molecular complexity index is 770. The molecule has 2 heterocycles. The van der Waals surface area contributed by atoms with Crippen molar-refractivity contribution >= 4 is 58.0 Å². The van der Waals surface area contributed by atoms with E-state index < -0.39 is 15.8 Å². The van der Waals surface area contributed by atoms with Crippen LogP contribution in [0.2, 0.25) is 0 Å². The molecular formula is C14H12B6N2O. The lowest BCUT2D eigenvalue weighted by Crippen LogP contribution is -2.63. The number of likely N-dealkylation sites (N-methyl/N-ethyl adjacent to an activating group) is 1. The summed E-state index contributed by atoms with van der Waals surface area (Å²) in [6.45, 7) is 0.174. The largest absolute Gasteiger partial charge is 0.497 e. The number of benzene rings is 1. The van der Waals surface area contributed by atoms with Gasteiger partial charge in [0.2, 0.25) is 0 Å². The maximum atomic E-state index is 6.38. The van der Waals surface area contributed by atoms with Gasteiger partial charge in [-0.25, -0.2) is 0 Å². The average molecular weight is 289 g/mol. The highest BCUT2D eigenvalue weighted by atomic mass is 16.5. The summed E-state index contributed by atoms with van der Waals surface area (Å²) < 4.78 is 5.24. The maximum absolute atomic E-state index is 6.38. The third kappa shape index (κ3) is 2.23. The highest BCUT2D eigenvalue weighted by Crippen LogP contribution is 2.43. The molecule has 1 N–H and O–H groups in total. The molecule has 3 nitrogen and oxygen atoms in total. The Morgan fingerprint density at radius 1 is 1.13 bits per heavy atom. The summed E-state index contributed by atoms with van der Waals surface area (Å²) in [7, 11) is 41.1. The van der Waals surface area contributed by atoms with Crippen molar-refractivity contribution in [3.05, 3.63) is 29.5 Å². The number of rotatable bonds is 1. The van der Waals surface area contributed by atoms with Gasteiger partial charge in [0.25, 0.3) is 0 Å². The Labute approximate surface area is 144 Å². The van der Waals surface area contributed by atoms with Crippen LogP contribution in [0.3, 0.4) is 0 Å². The molecule has 0 aliphatic carbocycles. The summed E-state index contributed by atoms with van der Waals surface area (Å²) in [5.74, 6) is 0.678. The van der Waals surface area contributed by atoms with E-state index in [-0.39, 0.29) is 6.54 Å². The predicted molar refractivity (Wildman–Crippen MR) is 98.1 cm³/mol. The van der Waals surface area contributed by atoms with Gasteiger partial charge in [0.05, 0.1) is 54.2 Å². The molecule has 1 aliphatic rings. The van der Waals surface area contributed by atoms with Crippen LogP contribution >= 0.6 is 0 Å². The first-order valence-corrected chi connectivity index (χ1v) is 7.17. The van der Waals surface area contributed by atoms with Crippen LogP contribution in [0, 0.1) is 0 Å². The van der Waals surface area contributed by atoms with Crippen LogP contribution in [0.1, 0.15) is 11.3 Å². The number of nitrogens with one attached hydrogen (secondary N) is 1. The number of methoxy groups -OCH3 is 1. The lowest BCUT2D eigenvalue weighted by atomic mass is 9.31. The van der Waals surface area contributed by atoms with Gasteiger partial charge in [0, 0.05) is 22.7 Å². The molecule has 0 fully saturated rings. The first-order chi connectivity index (χ1) is 10.5. The van der Waals surface area contributed by atoms with E-state index >= 15 is 0 Å². The Kier molecular flexibility index (Phi) is 3.61. The van der Waals surface area contributed by atoms with Gasteiger partial charge in [0.1, 0.15) is 5.75 Å². The summed E-state index contributed by atoms with van der Waals surface area (Å²) in [6.07, 6.45) is 0. The van der Waals surface area contributed by atoms with Gasteiger partial charge in [-0.2, -0.15) is 0 Å². The molecule has 0 spiro atoms. The molecule has 0 saturated carbocycles. The summed E-state index contributed by atoms with van der Waals surface area (Å²) in [5, 5.41) is -3.62. The van der Waals surface area contributed by atoms with Crippen molar-refractivity contribution < 1.29 is 4.74 Å². The third-order valence-corrected chi connectivity index (χ3v) is 4.68. The first-order valence-electron chi connectivity index (χ1n) is 7.17. The van der Waals surface area contributed by atoms with E-state index in [0.717, 1.165) is 10.9 Å². The van der Waals surface area contributed by atoms with Crippen LogP contribution in [0.15, 0.2) is 18.2 Å². The molecule has 3 rings (SSSR count). The minimum atomic E-state index is -1.58. The zero-order chi connectivity index (χ0) is 17.2. The summed E-state index contributed by atoms with van der Waals surface area (Å²) in [6, 6.07) is 5.44. The molecular weight excluding hydrogens is 277 g/mol. The van der Waals surface area contributed by atoms with Gasteiger partial charge in [-0.1, -0.05) is 10.6 Å². The molecule has 0 amide bonds. The SMILES string of the molecule is [B]C1([B])CN(C)C([B])([B])C([B])([B])c2c1[nH]c1cc(OC)ccc21. The molecule has 9 heteroatoms. The smallest absolute Gasteiger partial charge is 0.120 e. The van der Waals surface area contributed by atoms with E-state index in [4.69, 9.17) is 51.8 Å². The summed E-state index contributed by atoms with van der Waals surface area (Å²) in [4.78, 5) is 4.77. The topological polar surface area (TPSA) is 28.3 Å². The van der Waals surface area contributed by atoms with Crippen LogP contribution in [-0.4, -0.2) is 83.0 Å². The van der Waals surface area contributed by atoms with Crippen molar-refractivity contribution in [2.24, 2.45) is 0 Å². The number of H-pyrrole nitrogens is 1. The molecule has 1 aliphatic heterocycles. The highest BCUT2D eigenvalue weighted by molar-refractivity contribution is 6.55. The van der Waals surface area contributed by atoms with E-state index in [1.807, 2.05) is 12.1 Å². The van der Waals surface area contributed by atoms with Crippen LogP contribution in [-0.2, 0) is 10.4 Å². The van der Waals surface area contributed by atoms with E-state index in [2.05, 4.69) is 4.98 Å². The van der Waals surface area contributed by atoms with Gasteiger partial charge in [-0.05, 0) is 36.5 Å². The van der Waals surface area contributed by atoms with E-state index in [9.17, 15) is 0 Å². The minimum Gasteiger partial charge on any atom is -0.497 e. The average Bonchev–Trinajstić information content (AvgIpc) is 2.84. The van der Waals surface area contributed by atoms with Crippen molar-refractivity contribution in [3.63, 3.8) is 0 Å². The number of hydrogen-bond acceptors (Lipinski definition) is 2. The van der Waals surface area contributed by atoms with Gasteiger partial charge in [0.15, 0.2) is 0 Å². The standard InChI is InChI=1S/C14H12B6N2O/c1-22-6-12(15,16)11-10(13(17,18)14(22,19)20)8-4-3-7(23-2)5-9(8)21-11/h3-5,21H,6H2,1-2H3. The normalized spacial score (nSPS) is 22.3. The third-order valence-electron chi connectivity index (χ3n) is 4.68. The number of ether oxygens (including phenoxy) is 1. The van der Waals surface area contributed by atoms with Crippen LogP contribution in [0.25, 0.3) is 10.9 Å². The molecule has 23 heavy (non-hydrogen) atoms. The number of aromatic amines is 1. The second kappa shape index (κ2) is 4.95. The van der Waals surface area contributed by atoms with Crippen molar-refractivity contribution in [1.29, 1.82) is 0 Å². The molecule has 1 aromatic carbocycles. The van der Waals surface area contributed by atoms with Gasteiger partial charge in [-0.3, -0.25) is 0 Å². The second-order valence-corrected chi connectivity index (χ2v) is 6.38. The zero-order valence-electron chi connectivity index (χ0n) is 13.3. The highest BCUT2D eigenvalue weighted by Gasteiger charge is 2.47. The van der Waals surface area contributed by atoms with Crippen LogP contribution in [0.5, 0.6) is 5.75 Å². The van der Waals surface area contributed by atoms with E-state index in [1.54, 1.807) is 25.1 Å². The lowest BCUT2D eigenvalue weighted by molar-refractivity contribution is 0.257. The minimum absolute atomic E-state index is 0.174. The van der Waals surface area contributed by atoms with Gasteiger partial charge >= 0.3 is 0 Å². The summed E-state index contributed by atoms with van der Waals surface area (Å²) in [5.41, 5.74) is 1.76. The molecule has 0 atom stereocenters. The van der Waals surface area contributed by atoms with Crippen molar-refractivity contribution in [2.75, 3.05) is 20.7 Å². The number of fused-ring (bicyclic) bond motifs is 3. The molecule has 0 unspecified atom stereocenters. The Morgan fingerprint density at radius 2 is 1.78 bits per heavy atom. The van der Waals surface area contributed by atoms with Crippen LogP contribution < -0.4 is 4.74 Å². The lowest BCUT2D eigenvalue weighted by Gasteiger charge is -2.49. The van der Waals surface area contributed by atoms with E-state index in [0.29, 0.717) is 17.0 Å². The molecule has 0 saturated heterocycles. The molecule has 1 aromatic heterocycles. The molecule has 12 radical (unpaired) electrons. The molecule has 2 aromatic rings. The predicted octanol–water partition coefficient (Wildman–Crippen LogP) is -0.908. The fraction of sp³-hybridized carbons (Fsp3) is 0.429. The number of aromatic nitrogens is 1. The van der Waals surface area contributed by atoms with Crippen molar-refractivity contribution in [2.45, 2.75) is 15.8 Å². The second-order valence-electron chi connectivity index (χ2n) is 6.38. The Balaban J connectivity index is 2.39. The fourth-order valence-electron chi connectivity index (χ4n) is 3.20. The molecule has 102 valence electrons. The Morgan fingerprint density at radius 3 is 2.39 bits per heavy atom. The number of nitrogens with zero attached hydrogens (tertiary/aromatic N) is 1. The van der Waals surface area contributed by atoms with E-state index in [1.165, 1.54) is 0 Å². The first kappa shape index (κ1) is 16.8. The number of hydrogen-bond donors (Lipinski definition) is 1. The van der Waals surface area contributed by atoms with Crippen molar-refractivity contribution in [1.82, 2.24) is 9.88 Å².